The van der Waals surface area contributed by atoms with Crippen LogP contribution in [0.4, 0.5) is 11.4 Å². The van der Waals surface area contributed by atoms with Gasteiger partial charge in [0, 0.05) is 41.9 Å². The Morgan fingerprint density at radius 2 is 2.15 bits per heavy atom. The predicted octanol–water partition coefficient (Wildman–Crippen LogP) is 3.30. The number of rotatable bonds is 5. The van der Waals surface area contributed by atoms with Gasteiger partial charge in [0.05, 0.1) is 6.26 Å². The quantitative estimate of drug-likeness (QED) is 0.723. The van der Waals surface area contributed by atoms with Crippen LogP contribution in [0.2, 0.25) is 0 Å². The third kappa shape index (κ3) is 5.52. The minimum Gasteiger partial charge on any atom is -0.459 e. The molecule has 1 aliphatic heterocycles. The molecule has 0 saturated carbocycles. The Hall–Kier alpha value is -1.96. The maximum atomic E-state index is 12.2. The molecule has 0 spiro atoms. The van der Waals surface area contributed by atoms with Crippen LogP contribution in [0.15, 0.2) is 41.0 Å². The van der Waals surface area contributed by atoms with Gasteiger partial charge in [0.25, 0.3) is 5.91 Å². The van der Waals surface area contributed by atoms with Crippen LogP contribution in [0.25, 0.3) is 0 Å². The van der Waals surface area contributed by atoms with Crippen molar-refractivity contribution in [3.8, 4) is 0 Å². The number of thioether (sulfide) groups is 1. The smallest absolute Gasteiger partial charge is 0.291 e. The molecule has 26 heavy (non-hydrogen) atoms. The average Bonchev–Trinajstić information content (AvgIpc) is 3.13. The number of anilines is 2. The highest BCUT2D eigenvalue weighted by molar-refractivity contribution is 7.99. The van der Waals surface area contributed by atoms with Gasteiger partial charge < -0.3 is 20.4 Å². The zero-order chi connectivity index (χ0) is 17.6. The number of carbonyl (C=O) groups is 2. The lowest BCUT2D eigenvalue weighted by molar-refractivity contribution is -0.116. The van der Waals surface area contributed by atoms with Gasteiger partial charge in [0.1, 0.15) is 0 Å². The third-order valence-electron chi connectivity index (χ3n) is 3.93. The molecule has 2 aromatic rings. The molecule has 1 aromatic carbocycles. The first-order valence-corrected chi connectivity index (χ1v) is 9.34. The van der Waals surface area contributed by atoms with Crippen LogP contribution in [0.5, 0.6) is 0 Å². The van der Waals surface area contributed by atoms with Crippen molar-refractivity contribution >= 4 is 47.4 Å². The first kappa shape index (κ1) is 20.4. The lowest BCUT2D eigenvalue weighted by Crippen LogP contribution is -2.39. The highest BCUT2D eigenvalue weighted by Crippen LogP contribution is 2.21. The van der Waals surface area contributed by atoms with E-state index >= 15 is 0 Å². The van der Waals surface area contributed by atoms with Crippen LogP contribution in [0.3, 0.4) is 0 Å². The van der Waals surface area contributed by atoms with Gasteiger partial charge in [-0.05, 0) is 42.8 Å². The Morgan fingerprint density at radius 1 is 1.31 bits per heavy atom. The van der Waals surface area contributed by atoms with Crippen molar-refractivity contribution in [2.75, 3.05) is 28.7 Å². The second kappa shape index (κ2) is 9.66. The molecule has 1 aliphatic rings. The molecule has 1 unspecified atom stereocenters. The van der Waals surface area contributed by atoms with Crippen molar-refractivity contribution in [2.45, 2.75) is 19.4 Å². The number of hydrogen-bond acceptors (Lipinski definition) is 5. The summed E-state index contributed by atoms with van der Waals surface area (Å²) in [6, 6.07) is 8.91. The number of nitrogens with one attached hydrogen (secondary N) is 3. The number of amides is 2. The summed E-state index contributed by atoms with van der Waals surface area (Å²) < 4.78 is 5.08. The molecule has 1 aromatic heterocycles. The summed E-state index contributed by atoms with van der Waals surface area (Å²) in [6.45, 7) is 2.83. The Kier molecular flexibility index (Phi) is 7.56. The second-order valence-corrected chi connectivity index (χ2v) is 7.09. The minimum absolute atomic E-state index is 0. The highest BCUT2D eigenvalue weighted by atomic mass is 35.5. The monoisotopic (exact) mass is 395 g/mol. The van der Waals surface area contributed by atoms with Crippen LogP contribution >= 0.6 is 24.2 Å². The fraction of sp³-hybridized carbons (Fsp3) is 0.333. The van der Waals surface area contributed by atoms with Crippen LogP contribution < -0.4 is 16.0 Å². The molecule has 2 amide bonds. The molecule has 1 atom stereocenters. The molecule has 3 N–H and O–H groups in total. The molecular weight excluding hydrogens is 374 g/mol. The van der Waals surface area contributed by atoms with E-state index in [1.54, 1.807) is 24.3 Å². The Labute approximate surface area is 162 Å². The second-order valence-electron chi connectivity index (χ2n) is 5.94. The van der Waals surface area contributed by atoms with Crippen molar-refractivity contribution < 1.29 is 14.0 Å². The van der Waals surface area contributed by atoms with Gasteiger partial charge >= 0.3 is 0 Å². The van der Waals surface area contributed by atoms with E-state index in [0.717, 1.165) is 29.3 Å². The van der Waals surface area contributed by atoms with Gasteiger partial charge in [-0.15, -0.1) is 12.4 Å². The number of halogens is 1. The average molecular weight is 396 g/mol. The van der Waals surface area contributed by atoms with E-state index in [-0.39, 0.29) is 36.0 Å². The zero-order valence-electron chi connectivity index (χ0n) is 14.4. The third-order valence-corrected chi connectivity index (χ3v) is 5.06. The Morgan fingerprint density at radius 3 is 2.81 bits per heavy atom. The number of aryl methyl sites for hydroxylation is 1. The van der Waals surface area contributed by atoms with Crippen molar-refractivity contribution in [1.29, 1.82) is 0 Å². The predicted molar refractivity (Wildman–Crippen MR) is 107 cm³/mol. The first-order chi connectivity index (χ1) is 12.1. The van der Waals surface area contributed by atoms with Crippen LogP contribution in [-0.2, 0) is 4.79 Å². The largest absolute Gasteiger partial charge is 0.459 e. The van der Waals surface area contributed by atoms with E-state index in [1.165, 1.54) is 6.26 Å². The standard InChI is InChI=1S/C18H21N3O3S.ClH/c1-12-9-13(20-17(22)10-14-11-25-8-6-19-14)4-5-15(12)21-18(23)16-3-2-7-24-16;/h2-5,7,9,14,19H,6,8,10-11H2,1H3,(H,20,22)(H,21,23);1H. The van der Waals surface area contributed by atoms with E-state index in [2.05, 4.69) is 16.0 Å². The van der Waals surface area contributed by atoms with Crippen LogP contribution in [-0.4, -0.2) is 35.9 Å². The number of carbonyl (C=O) groups excluding carboxylic acids is 2. The van der Waals surface area contributed by atoms with Gasteiger partial charge in [-0.2, -0.15) is 11.8 Å². The highest BCUT2D eigenvalue weighted by Gasteiger charge is 2.17. The lowest BCUT2D eigenvalue weighted by Gasteiger charge is -2.22. The van der Waals surface area contributed by atoms with E-state index < -0.39 is 0 Å². The molecule has 1 fully saturated rings. The SMILES string of the molecule is Cc1cc(NC(=O)CC2CSCCN2)ccc1NC(=O)c1ccco1.Cl. The van der Waals surface area contributed by atoms with Crippen molar-refractivity contribution in [1.82, 2.24) is 5.32 Å². The van der Waals surface area contributed by atoms with Gasteiger partial charge in [0.2, 0.25) is 5.91 Å². The summed E-state index contributed by atoms with van der Waals surface area (Å²) >= 11 is 1.87. The van der Waals surface area contributed by atoms with E-state index in [1.807, 2.05) is 24.8 Å². The molecule has 6 nitrogen and oxygen atoms in total. The molecule has 1 saturated heterocycles. The Bertz CT molecular complexity index is 746. The normalized spacial score (nSPS) is 16.4. The molecule has 0 bridgehead atoms. The summed E-state index contributed by atoms with van der Waals surface area (Å²) in [5.74, 6) is 2.01. The molecule has 3 rings (SSSR count). The fourth-order valence-corrected chi connectivity index (χ4v) is 3.61. The van der Waals surface area contributed by atoms with Gasteiger partial charge in [-0.25, -0.2) is 0 Å². The first-order valence-electron chi connectivity index (χ1n) is 8.18. The maximum absolute atomic E-state index is 12.2. The summed E-state index contributed by atoms with van der Waals surface area (Å²) in [5.41, 5.74) is 2.27. The van der Waals surface area contributed by atoms with Crippen LogP contribution in [0.1, 0.15) is 22.5 Å². The summed E-state index contributed by atoms with van der Waals surface area (Å²) in [4.78, 5) is 24.2. The van der Waals surface area contributed by atoms with Crippen LogP contribution in [0, 0.1) is 6.92 Å². The lowest BCUT2D eigenvalue weighted by atomic mass is 10.1. The van der Waals surface area contributed by atoms with Gasteiger partial charge in [0.15, 0.2) is 5.76 Å². The molecule has 140 valence electrons. The summed E-state index contributed by atoms with van der Waals surface area (Å²) in [7, 11) is 0. The topological polar surface area (TPSA) is 83.4 Å². The van der Waals surface area contributed by atoms with Gasteiger partial charge in [-0.3, -0.25) is 9.59 Å². The van der Waals surface area contributed by atoms with Gasteiger partial charge in [-0.1, -0.05) is 0 Å². The number of hydrogen-bond donors (Lipinski definition) is 3. The fourth-order valence-electron chi connectivity index (χ4n) is 2.66. The zero-order valence-corrected chi connectivity index (χ0v) is 16.0. The molecule has 2 heterocycles. The van der Waals surface area contributed by atoms with E-state index in [0.29, 0.717) is 12.1 Å². The number of furan rings is 1. The molecule has 0 aliphatic carbocycles. The molecule has 8 heteroatoms. The summed E-state index contributed by atoms with van der Waals surface area (Å²) in [6.07, 6.45) is 1.92. The van der Waals surface area contributed by atoms with Crippen molar-refractivity contribution in [3.63, 3.8) is 0 Å². The molecule has 0 radical (unpaired) electrons. The minimum atomic E-state index is -0.300. The van der Waals surface area contributed by atoms with E-state index in [4.69, 9.17) is 4.42 Å². The molecular formula is C18H22ClN3O3S. The van der Waals surface area contributed by atoms with Crippen molar-refractivity contribution in [2.24, 2.45) is 0 Å². The summed E-state index contributed by atoms with van der Waals surface area (Å²) in [5, 5.41) is 9.07. The number of benzene rings is 1. The Balaban J connectivity index is 0.00000243. The van der Waals surface area contributed by atoms with E-state index in [9.17, 15) is 9.59 Å². The van der Waals surface area contributed by atoms with Crippen molar-refractivity contribution in [3.05, 3.63) is 47.9 Å². The maximum Gasteiger partial charge on any atom is 0.291 e.